The minimum Gasteiger partial charge on any atom is -0.475 e. The number of hydrogen-bond acceptors (Lipinski definition) is 4. The number of carboxylic acid groups (broad SMARTS) is 1. The fourth-order valence-corrected chi connectivity index (χ4v) is 1.02. The number of nitrogens with one attached hydrogen (secondary N) is 1. The summed E-state index contributed by atoms with van der Waals surface area (Å²) < 4.78 is 4.81. The second kappa shape index (κ2) is 5.53. The molecule has 0 saturated carbocycles. The topological polar surface area (TPSA) is 71.7 Å². The Morgan fingerprint density at radius 1 is 1.67 bits per heavy atom. The van der Waals surface area contributed by atoms with Crippen molar-refractivity contribution in [2.75, 3.05) is 6.61 Å². The Hall–Kier alpha value is -1.33. The average Bonchev–Trinajstić information content (AvgIpc) is 2.60. The summed E-state index contributed by atoms with van der Waals surface area (Å²) in [7, 11) is 0. The van der Waals surface area contributed by atoms with E-state index < -0.39 is 5.97 Å². The molecule has 5 nitrogen and oxygen atoms in total. The van der Waals surface area contributed by atoms with Crippen LogP contribution >= 0.6 is 0 Å². The number of carbonyl (C=O) groups is 1. The van der Waals surface area contributed by atoms with Gasteiger partial charge in [-0.25, -0.2) is 4.79 Å². The summed E-state index contributed by atoms with van der Waals surface area (Å²) in [5.41, 5.74) is 3.27. The van der Waals surface area contributed by atoms with Crippen LogP contribution in [0.3, 0.4) is 0 Å². The molecule has 84 valence electrons. The number of carboxylic acids is 1. The SMILES string of the molecule is CC(C)CONCc1ccoc1C(=O)O. The third-order valence-corrected chi connectivity index (χ3v) is 1.72. The van der Waals surface area contributed by atoms with Crippen molar-refractivity contribution in [1.82, 2.24) is 5.48 Å². The van der Waals surface area contributed by atoms with Crippen LogP contribution < -0.4 is 5.48 Å². The van der Waals surface area contributed by atoms with Crippen molar-refractivity contribution in [2.24, 2.45) is 5.92 Å². The van der Waals surface area contributed by atoms with Gasteiger partial charge < -0.3 is 14.4 Å². The number of hydrogen-bond donors (Lipinski definition) is 2. The van der Waals surface area contributed by atoms with E-state index in [4.69, 9.17) is 14.4 Å². The van der Waals surface area contributed by atoms with Gasteiger partial charge in [-0.05, 0) is 12.0 Å². The molecule has 15 heavy (non-hydrogen) atoms. The van der Waals surface area contributed by atoms with E-state index in [9.17, 15) is 4.79 Å². The van der Waals surface area contributed by atoms with Crippen LogP contribution in [0.5, 0.6) is 0 Å². The van der Waals surface area contributed by atoms with Gasteiger partial charge >= 0.3 is 5.97 Å². The minimum atomic E-state index is -1.07. The standard InChI is InChI=1S/C10H15NO4/c1-7(2)6-15-11-5-8-3-4-14-9(8)10(12)13/h3-4,7,11H,5-6H2,1-2H3,(H,12,13). The van der Waals surface area contributed by atoms with Crippen LogP contribution in [-0.4, -0.2) is 17.7 Å². The third-order valence-electron chi connectivity index (χ3n) is 1.72. The maximum Gasteiger partial charge on any atom is 0.372 e. The Kier molecular flexibility index (Phi) is 4.33. The van der Waals surface area contributed by atoms with Gasteiger partial charge in [-0.1, -0.05) is 13.8 Å². The van der Waals surface area contributed by atoms with E-state index in [1.807, 2.05) is 13.8 Å². The highest BCUT2D eigenvalue weighted by Crippen LogP contribution is 2.09. The molecule has 0 bridgehead atoms. The minimum absolute atomic E-state index is 0.0457. The highest BCUT2D eigenvalue weighted by molar-refractivity contribution is 5.86. The molecule has 0 aliphatic heterocycles. The van der Waals surface area contributed by atoms with Gasteiger partial charge in [0.1, 0.15) is 0 Å². The van der Waals surface area contributed by atoms with Gasteiger partial charge in [0.05, 0.1) is 19.4 Å². The Morgan fingerprint density at radius 3 is 3.00 bits per heavy atom. The molecule has 5 heteroatoms. The zero-order chi connectivity index (χ0) is 11.3. The molecule has 0 fully saturated rings. The van der Waals surface area contributed by atoms with Crippen molar-refractivity contribution in [3.8, 4) is 0 Å². The number of furan rings is 1. The summed E-state index contributed by atoms with van der Waals surface area (Å²) >= 11 is 0. The Bertz CT molecular complexity index is 319. The van der Waals surface area contributed by atoms with Gasteiger partial charge in [-0.15, -0.1) is 0 Å². The zero-order valence-corrected chi connectivity index (χ0v) is 8.82. The molecule has 0 aliphatic rings. The summed E-state index contributed by atoms with van der Waals surface area (Å²) in [5.74, 6) is -0.683. The van der Waals surface area contributed by atoms with Gasteiger partial charge in [0, 0.05) is 5.56 Å². The molecule has 0 saturated heterocycles. The zero-order valence-electron chi connectivity index (χ0n) is 8.82. The molecule has 0 radical (unpaired) electrons. The molecule has 0 unspecified atom stereocenters. The molecule has 1 aromatic heterocycles. The van der Waals surface area contributed by atoms with Crippen LogP contribution in [0.4, 0.5) is 0 Å². The highest BCUT2D eigenvalue weighted by Gasteiger charge is 2.13. The maximum absolute atomic E-state index is 10.7. The first-order valence-corrected chi connectivity index (χ1v) is 4.75. The van der Waals surface area contributed by atoms with E-state index in [0.717, 1.165) is 0 Å². The van der Waals surface area contributed by atoms with Crippen molar-refractivity contribution >= 4 is 5.97 Å². The van der Waals surface area contributed by atoms with Crippen LogP contribution in [0, 0.1) is 5.92 Å². The molecule has 0 aliphatic carbocycles. The monoisotopic (exact) mass is 213 g/mol. The predicted octanol–water partition coefficient (Wildman–Crippen LogP) is 1.66. The number of hydroxylamine groups is 1. The molecular formula is C10H15NO4. The van der Waals surface area contributed by atoms with Crippen LogP contribution in [0.2, 0.25) is 0 Å². The van der Waals surface area contributed by atoms with Crippen LogP contribution in [-0.2, 0) is 11.4 Å². The van der Waals surface area contributed by atoms with E-state index >= 15 is 0 Å². The smallest absolute Gasteiger partial charge is 0.372 e. The van der Waals surface area contributed by atoms with E-state index in [0.29, 0.717) is 24.6 Å². The van der Waals surface area contributed by atoms with Crippen molar-refractivity contribution in [2.45, 2.75) is 20.4 Å². The van der Waals surface area contributed by atoms with E-state index in [1.165, 1.54) is 6.26 Å². The quantitative estimate of drug-likeness (QED) is 0.555. The van der Waals surface area contributed by atoms with Crippen molar-refractivity contribution < 1.29 is 19.2 Å². The first-order valence-electron chi connectivity index (χ1n) is 4.75. The fraction of sp³-hybridized carbons (Fsp3) is 0.500. The first-order chi connectivity index (χ1) is 7.11. The van der Waals surface area contributed by atoms with E-state index in [-0.39, 0.29) is 5.76 Å². The lowest BCUT2D eigenvalue weighted by molar-refractivity contribution is 0.0192. The lowest BCUT2D eigenvalue weighted by atomic mass is 10.2. The third kappa shape index (κ3) is 3.73. The van der Waals surface area contributed by atoms with Gasteiger partial charge in [0.25, 0.3) is 0 Å². The molecule has 1 heterocycles. The molecular weight excluding hydrogens is 198 g/mol. The lowest BCUT2D eigenvalue weighted by Crippen LogP contribution is -2.18. The van der Waals surface area contributed by atoms with Crippen LogP contribution in [0.15, 0.2) is 16.7 Å². The summed E-state index contributed by atoms with van der Waals surface area (Å²) in [6.45, 7) is 4.97. The number of aromatic carboxylic acids is 1. The normalized spacial score (nSPS) is 10.9. The second-order valence-corrected chi connectivity index (χ2v) is 3.61. The first kappa shape index (κ1) is 11.7. The van der Waals surface area contributed by atoms with Gasteiger partial charge in [0.2, 0.25) is 5.76 Å². The molecule has 1 rings (SSSR count). The lowest BCUT2D eigenvalue weighted by Gasteiger charge is -2.06. The summed E-state index contributed by atoms with van der Waals surface area (Å²) in [4.78, 5) is 15.8. The van der Waals surface area contributed by atoms with Crippen molar-refractivity contribution in [3.63, 3.8) is 0 Å². The molecule has 0 atom stereocenters. The van der Waals surface area contributed by atoms with Gasteiger partial charge in [-0.2, -0.15) is 5.48 Å². The molecule has 1 aromatic rings. The molecule has 0 aromatic carbocycles. The van der Waals surface area contributed by atoms with E-state index in [1.54, 1.807) is 6.07 Å². The Morgan fingerprint density at radius 2 is 2.40 bits per heavy atom. The fourth-order valence-electron chi connectivity index (χ4n) is 1.02. The Labute approximate surface area is 88.0 Å². The highest BCUT2D eigenvalue weighted by atomic mass is 16.6. The second-order valence-electron chi connectivity index (χ2n) is 3.61. The summed E-state index contributed by atoms with van der Waals surface area (Å²) in [6, 6.07) is 1.61. The van der Waals surface area contributed by atoms with Gasteiger partial charge in [-0.3, -0.25) is 0 Å². The summed E-state index contributed by atoms with van der Waals surface area (Å²) in [6.07, 6.45) is 1.35. The molecule has 2 N–H and O–H groups in total. The Balaban J connectivity index is 2.37. The van der Waals surface area contributed by atoms with Crippen LogP contribution in [0.25, 0.3) is 0 Å². The van der Waals surface area contributed by atoms with Crippen molar-refractivity contribution in [3.05, 3.63) is 23.7 Å². The summed E-state index contributed by atoms with van der Waals surface area (Å²) in [5, 5.41) is 8.74. The van der Waals surface area contributed by atoms with Crippen molar-refractivity contribution in [1.29, 1.82) is 0 Å². The largest absolute Gasteiger partial charge is 0.475 e. The average molecular weight is 213 g/mol. The van der Waals surface area contributed by atoms with E-state index in [2.05, 4.69) is 5.48 Å². The molecule has 0 amide bonds. The predicted molar refractivity (Wildman–Crippen MR) is 53.3 cm³/mol. The van der Waals surface area contributed by atoms with Gasteiger partial charge in [0.15, 0.2) is 0 Å². The van der Waals surface area contributed by atoms with Crippen LogP contribution in [0.1, 0.15) is 30.0 Å². The number of rotatable bonds is 6. The maximum atomic E-state index is 10.7. The molecule has 0 spiro atoms.